The smallest absolute Gasteiger partial charge is 0.246 e. The first-order valence-corrected chi connectivity index (χ1v) is 11.2. The first-order valence-electron chi connectivity index (χ1n) is 9.99. The fourth-order valence-corrected chi connectivity index (χ4v) is 4.52. The Morgan fingerprint density at radius 2 is 2.21 bits per heavy atom. The van der Waals surface area contributed by atoms with Crippen LogP contribution >= 0.6 is 22.9 Å². The number of halogens is 1. The van der Waals surface area contributed by atoms with Crippen molar-refractivity contribution in [2.24, 2.45) is 0 Å². The molecule has 2 heterocycles. The van der Waals surface area contributed by atoms with Crippen molar-refractivity contribution in [3.63, 3.8) is 0 Å². The summed E-state index contributed by atoms with van der Waals surface area (Å²) in [7, 11) is 0. The lowest BCUT2D eigenvalue weighted by Gasteiger charge is -2.31. The van der Waals surface area contributed by atoms with E-state index in [9.17, 15) is 9.59 Å². The maximum atomic E-state index is 12.6. The summed E-state index contributed by atoms with van der Waals surface area (Å²) in [5, 5.41) is 6.66. The Morgan fingerprint density at radius 1 is 1.38 bits per heavy atom. The Bertz CT molecular complexity index is 880. The SMILES string of the molecule is CCC(=O)NCCc1csc(C2CCCN(C(=O)/C=C/c3ccccc3Cl)C2)n1. The van der Waals surface area contributed by atoms with Crippen LogP contribution in [0, 0.1) is 0 Å². The van der Waals surface area contributed by atoms with Crippen LogP contribution in [-0.2, 0) is 16.0 Å². The van der Waals surface area contributed by atoms with E-state index in [2.05, 4.69) is 10.7 Å². The number of hydrogen-bond donors (Lipinski definition) is 1. The largest absolute Gasteiger partial charge is 0.356 e. The second-order valence-electron chi connectivity index (χ2n) is 7.11. The van der Waals surface area contributed by atoms with E-state index in [1.54, 1.807) is 23.5 Å². The number of carbonyl (C=O) groups is 2. The molecule has 1 N–H and O–H groups in total. The van der Waals surface area contributed by atoms with Crippen molar-refractivity contribution in [2.75, 3.05) is 19.6 Å². The van der Waals surface area contributed by atoms with Gasteiger partial charge in [0, 0.05) is 54.9 Å². The molecule has 0 saturated carbocycles. The molecule has 1 unspecified atom stereocenters. The fourth-order valence-electron chi connectivity index (χ4n) is 3.34. The zero-order chi connectivity index (χ0) is 20.6. The van der Waals surface area contributed by atoms with Gasteiger partial charge in [0.2, 0.25) is 11.8 Å². The summed E-state index contributed by atoms with van der Waals surface area (Å²) in [6, 6.07) is 7.49. The molecule has 1 saturated heterocycles. The first kappa shape index (κ1) is 21.5. The first-order chi connectivity index (χ1) is 14.1. The third-order valence-corrected chi connectivity index (χ3v) is 6.39. The summed E-state index contributed by atoms with van der Waals surface area (Å²) in [6.07, 6.45) is 6.63. The maximum absolute atomic E-state index is 12.6. The molecule has 1 aromatic carbocycles. The molecule has 0 bridgehead atoms. The fraction of sp³-hybridized carbons (Fsp3) is 0.409. The number of aromatic nitrogens is 1. The van der Waals surface area contributed by atoms with E-state index in [1.807, 2.05) is 36.1 Å². The highest BCUT2D eigenvalue weighted by molar-refractivity contribution is 7.09. The molecule has 1 fully saturated rings. The Labute approximate surface area is 180 Å². The summed E-state index contributed by atoms with van der Waals surface area (Å²) in [5.41, 5.74) is 1.85. The van der Waals surface area contributed by atoms with E-state index < -0.39 is 0 Å². The van der Waals surface area contributed by atoms with Crippen LogP contribution < -0.4 is 5.32 Å². The van der Waals surface area contributed by atoms with Crippen LogP contribution in [0.3, 0.4) is 0 Å². The predicted molar refractivity (Wildman–Crippen MR) is 118 cm³/mol. The number of benzene rings is 1. The Morgan fingerprint density at radius 3 is 3.00 bits per heavy atom. The van der Waals surface area contributed by atoms with E-state index in [1.165, 1.54) is 0 Å². The van der Waals surface area contributed by atoms with Crippen LogP contribution in [-0.4, -0.2) is 41.3 Å². The number of likely N-dealkylation sites (tertiary alicyclic amines) is 1. The second-order valence-corrected chi connectivity index (χ2v) is 8.41. The lowest BCUT2D eigenvalue weighted by atomic mass is 9.98. The quantitative estimate of drug-likeness (QED) is 0.665. The Balaban J connectivity index is 1.56. The molecule has 2 aromatic rings. The third kappa shape index (κ3) is 6.15. The molecule has 2 amide bonds. The molecule has 5 nitrogen and oxygen atoms in total. The lowest BCUT2D eigenvalue weighted by Crippen LogP contribution is -2.38. The summed E-state index contributed by atoms with van der Waals surface area (Å²) in [5.74, 6) is 0.339. The van der Waals surface area contributed by atoms with Gasteiger partial charge in [-0.3, -0.25) is 9.59 Å². The molecule has 0 radical (unpaired) electrons. The van der Waals surface area contributed by atoms with Crippen LogP contribution in [0.25, 0.3) is 6.08 Å². The third-order valence-electron chi connectivity index (χ3n) is 4.99. The van der Waals surface area contributed by atoms with Gasteiger partial charge in [-0.2, -0.15) is 0 Å². The summed E-state index contributed by atoms with van der Waals surface area (Å²) in [6.45, 7) is 3.91. The van der Waals surface area contributed by atoms with E-state index in [-0.39, 0.29) is 17.7 Å². The van der Waals surface area contributed by atoms with E-state index in [0.29, 0.717) is 24.5 Å². The van der Waals surface area contributed by atoms with Gasteiger partial charge < -0.3 is 10.2 Å². The van der Waals surface area contributed by atoms with Crippen LogP contribution in [0.4, 0.5) is 0 Å². The van der Waals surface area contributed by atoms with Crippen molar-refractivity contribution in [3.05, 3.63) is 57.0 Å². The highest BCUT2D eigenvalue weighted by atomic mass is 35.5. The van der Waals surface area contributed by atoms with Crippen LogP contribution in [0.5, 0.6) is 0 Å². The van der Waals surface area contributed by atoms with Gasteiger partial charge in [-0.05, 0) is 30.5 Å². The number of amides is 2. The van der Waals surface area contributed by atoms with E-state index in [4.69, 9.17) is 16.6 Å². The van der Waals surface area contributed by atoms with Gasteiger partial charge in [-0.25, -0.2) is 4.98 Å². The second kappa shape index (κ2) is 10.6. The molecule has 154 valence electrons. The molecule has 29 heavy (non-hydrogen) atoms. The van der Waals surface area contributed by atoms with Gasteiger partial charge >= 0.3 is 0 Å². The van der Waals surface area contributed by atoms with Gasteiger partial charge in [-0.15, -0.1) is 11.3 Å². The van der Waals surface area contributed by atoms with Gasteiger partial charge in [0.25, 0.3) is 0 Å². The summed E-state index contributed by atoms with van der Waals surface area (Å²) < 4.78 is 0. The topological polar surface area (TPSA) is 62.3 Å². The lowest BCUT2D eigenvalue weighted by molar-refractivity contribution is -0.127. The van der Waals surface area contributed by atoms with E-state index >= 15 is 0 Å². The summed E-state index contributed by atoms with van der Waals surface area (Å²) in [4.78, 5) is 30.6. The minimum absolute atomic E-state index is 0.00803. The molecule has 0 spiro atoms. The van der Waals surface area contributed by atoms with Crippen molar-refractivity contribution in [2.45, 2.75) is 38.5 Å². The number of rotatable bonds is 7. The van der Waals surface area contributed by atoms with Crippen molar-refractivity contribution in [1.82, 2.24) is 15.2 Å². The predicted octanol–water partition coefficient (Wildman–Crippen LogP) is 4.28. The van der Waals surface area contributed by atoms with Gasteiger partial charge in [0.05, 0.1) is 10.7 Å². The molecular weight excluding hydrogens is 406 g/mol. The molecule has 0 aliphatic carbocycles. The van der Waals surface area contributed by atoms with Crippen molar-refractivity contribution in [3.8, 4) is 0 Å². The van der Waals surface area contributed by atoms with Crippen molar-refractivity contribution in [1.29, 1.82) is 0 Å². The van der Waals surface area contributed by atoms with Crippen molar-refractivity contribution < 1.29 is 9.59 Å². The molecule has 3 rings (SSSR count). The number of thiazole rings is 1. The Kier molecular flexibility index (Phi) is 7.83. The normalized spacial score (nSPS) is 16.9. The van der Waals surface area contributed by atoms with Crippen LogP contribution in [0.15, 0.2) is 35.7 Å². The van der Waals surface area contributed by atoms with Gasteiger partial charge in [0.1, 0.15) is 0 Å². The molecule has 1 aromatic heterocycles. The minimum Gasteiger partial charge on any atom is -0.356 e. The zero-order valence-corrected chi connectivity index (χ0v) is 18.1. The number of hydrogen-bond acceptors (Lipinski definition) is 4. The van der Waals surface area contributed by atoms with Gasteiger partial charge in [0.15, 0.2) is 0 Å². The minimum atomic E-state index is 0.00803. The highest BCUT2D eigenvalue weighted by Crippen LogP contribution is 2.29. The molecular formula is C22H26ClN3O2S. The maximum Gasteiger partial charge on any atom is 0.246 e. The number of carbonyl (C=O) groups excluding carboxylic acids is 2. The average molecular weight is 432 g/mol. The van der Waals surface area contributed by atoms with E-state index in [0.717, 1.165) is 42.1 Å². The molecule has 1 aliphatic heterocycles. The monoisotopic (exact) mass is 431 g/mol. The molecule has 1 atom stereocenters. The molecule has 1 aliphatic rings. The summed E-state index contributed by atoms with van der Waals surface area (Å²) >= 11 is 7.80. The number of nitrogens with zero attached hydrogens (tertiary/aromatic N) is 2. The number of piperidine rings is 1. The number of nitrogens with one attached hydrogen (secondary N) is 1. The standard InChI is InChI=1S/C22H26ClN3O2S/c1-2-20(27)24-12-11-18-15-29-22(25-18)17-7-5-13-26(14-17)21(28)10-9-16-6-3-4-8-19(16)23/h3-4,6,8-10,15,17H,2,5,7,11-14H2,1H3,(H,24,27)/b10-9+. The van der Waals surface area contributed by atoms with Gasteiger partial charge in [-0.1, -0.05) is 36.7 Å². The molecule has 7 heteroatoms. The Hall–Kier alpha value is -2.18. The van der Waals surface area contributed by atoms with Crippen LogP contribution in [0.2, 0.25) is 5.02 Å². The van der Waals surface area contributed by atoms with Crippen LogP contribution in [0.1, 0.15) is 48.4 Å². The highest BCUT2D eigenvalue weighted by Gasteiger charge is 2.25. The zero-order valence-electron chi connectivity index (χ0n) is 16.6. The van der Waals surface area contributed by atoms with Crippen molar-refractivity contribution >= 4 is 40.8 Å². The average Bonchev–Trinajstić information content (AvgIpc) is 3.22.